The molecule has 0 unspecified atom stereocenters. The number of morpholine rings is 1. The van der Waals surface area contributed by atoms with E-state index in [-0.39, 0.29) is 5.91 Å². The van der Waals surface area contributed by atoms with Crippen LogP contribution in [0.15, 0.2) is 0 Å². The van der Waals surface area contributed by atoms with Gasteiger partial charge in [0.1, 0.15) is 0 Å². The van der Waals surface area contributed by atoms with Gasteiger partial charge in [0.25, 0.3) is 0 Å². The van der Waals surface area contributed by atoms with Crippen molar-refractivity contribution in [2.24, 2.45) is 11.7 Å². The Morgan fingerprint density at radius 3 is 2.62 bits per heavy atom. The van der Waals surface area contributed by atoms with Gasteiger partial charge in [-0.25, -0.2) is 4.79 Å². The number of carbonyl (C=O) groups excluding carboxylic acids is 2. The molecule has 0 aromatic heterocycles. The van der Waals surface area contributed by atoms with E-state index in [2.05, 4.69) is 17.1 Å². The zero-order valence-electron chi connectivity index (χ0n) is 12.7. The zero-order valence-corrected chi connectivity index (χ0v) is 12.7. The third-order valence-corrected chi connectivity index (χ3v) is 4.44. The smallest absolute Gasteiger partial charge is 0.312 e. The van der Waals surface area contributed by atoms with E-state index in [1.54, 1.807) is 0 Å². The van der Waals surface area contributed by atoms with Gasteiger partial charge in [-0.2, -0.15) is 0 Å². The van der Waals surface area contributed by atoms with E-state index in [0.717, 1.165) is 45.8 Å². The van der Waals surface area contributed by atoms with Gasteiger partial charge in [-0.05, 0) is 5.92 Å². The maximum atomic E-state index is 12.2. The second-order valence-electron chi connectivity index (χ2n) is 5.72. The highest BCUT2D eigenvalue weighted by molar-refractivity contribution is 5.78. The van der Waals surface area contributed by atoms with Crippen molar-refractivity contribution in [2.45, 2.75) is 25.8 Å². The second-order valence-corrected chi connectivity index (χ2v) is 5.72. The van der Waals surface area contributed by atoms with E-state index in [4.69, 9.17) is 10.5 Å². The minimum absolute atomic E-state index is 0.0953. The molecule has 0 aromatic carbocycles. The third-order valence-electron chi connectivity index (χ3n) is 4.44. The van der Waals surface area contributed by atoms with Gasteiger partial charge in [-0.3, -0.25) is 9.69 Å². The highest BCUT2D eigenvalue weighted by atomic mass is 16.5. The molecule has 2 fully saturated rings. The fourth-order valence-corrected chi connectivity index (χ4v) is 3.23. The molecule has 2 rings (SSSR count). The molecule has 21 heavy (non-hydrogen) atoms. The van der Waals surface area contributed by atoms with Crippen LogP contribution in [0.25, 0.3) is 0 Å². The summed E-state index contributed by atoms with van der Waals surface area (Å²) in [6.45, 7) is 7.55. The minimum Gasteiger partial charge on any atom is -0.379 e. The van der Waals surface area contributed by atoms with Gasteiger partial charge in [0, 0.05) is 45.2 Å². The van der Waals surface area contributed by atoms with E-state index < -0.39 is 6.03 Å². The van der Waals surface area contributed by atoms with Crippen molar-refractivity contribution in [3.05, 3.63) is 0 Å². The lowest BCUT2D eigenvalue weighted by atomic mass is 9.99. The molecule has 0 spiro atoms. The van der Waals surface area contributed by atoms with Crippen molar-refractivity contribution in [1.29, 1.82) is 0 Å². The number of nitrogens with zero attached hydrogens (tertiary/aromatic N) is 2. The Balaban J connectivity index is 1.85. The maximum Gasteiger partial charge on any atom is 0.312 e. The molecule has 3 N–H and O–H groups in total. The number of nitrogens with two attached hydrogens (primary N) is 1. The van der Waals surface area contributed by atoms with Gasteiger partial charge < -0.3 is 20.7 Å². The number of likely N-dealkylation sites (tertiary alicyclic amines) is 1. The molecule has 2 atom stereocenters. The molecule has 0 radical (unpaired) electrons. The number of rotatable bonds is 5. The molecule has 3 amide bonds. The van der Waals surface area contributed by atoms with Gasteiger partial charge in [-0.1, -0.05) is 13.3 Å². The number of hydrogen-bond donors (Lipinski definition) is 2. The predicted molar refractivity (Wildman–Crippen MR) is 78.7 cm³/mol. The summed E-state index contributed by atoms with van der Waals surface area (Å²) in [5, 5.41) is 2.46. The quantitative estimate of drug-likeness (QED) is 0.724. The lowest BCUT2D eigenvalue weighted by molar-refractivity contribution is -0.130. The SMILES string of the molecule is CC[C@@H]1CN(C(=O)CCNC(N)=O)C[C@@H]1N1CCOCC1. The molecular formula is C14H26N4O3. The van der Waals surface area contributed by atoms with Crippen molar-refractivity contribution < 1.29 is 14.3 Å². The molecule has 0 aliphatic carbocycles. The Morgan fingerprint density at radius 1 is 1.29 bits per heavy atom. The van der Waals surface area contributed by atoms with Crippen LogP contribution in [0.1, 0.15) is 19.8 Å². The van der Waals surface area contributed by atoms with E-state index >= 15 is 0 Å². The molecule has 120 valence electrons. The molecule has 7 nitrogen and oxygen atoms in total. The Kier molecular flexibility index (Phi) is 5.81. The molecule has 0 bridgehead atoms. The molecule has 7 heteroatoms. The van der Waals surface area contributed by atoms with E-state index in [1.165, 1.54) is 0 Å². The van der Waals surface area contributed by atoms with Gasteiger partial charge in [-0.15, -0.1) is 0 Å². The summed E-state index contributed by atoms with van der Waals surface area (Å²) in [7, 11) is 0. The first-order chi connectivity index (χ1) is 10.1. The van der Waals surface area contributed by atoms with Crippen LogP contribution in [0.4, 0.5) is 4.79 Å². The van der Waals surface area contributed by atoms with E-state index in [9.17, 15) is 9.59 Å². The summed E-state index contributed by atoms with van der Waals surface area (Å²) in [5.41, 5.74) is 5.00. The van der Waals surface area contributed by atoms with Crippen molar-refractivity contribution in [3.63, 3.8) is 0 Å². The van der Waals surface area contributed by atoms with E-state index in [0.29, 0.717) is 24.9 Å². The number of amides is 3. The van der Waals surface area contributed by atoms with Crippen molar-refractivity contribution in [1.82, 2.24) is 15.1 Å². The Morgan fingerprint density at radius 2 is 2.00 bits per heavy atom. The molecule has 2 heterocycles. The topological polar surface area (TPSA) is 87.9 Å². The average molecular weight is 298 g/mol. The first-order valence-corrected chi connectivity index (χ1v) is 7.74. The van der Waals surface area contributed by atoms with Crippen LogP contribution in [0.2, 0.25) is 0 Å². The lowest BCUT2D eigenvalue weighted by Crippen LogP contribution is -2.47. The molecule has 2 saturated heterocycles. The highest BCUT2D eigenvalue weighted by Crippen LogP contribution is 2.25. The Hall–Kier alpha value is -1.34. The monoisotopic (exact) mass is 298 g/mol. The van der Waals surface area contributed by atoms with Crippen LogP contribution in [0.5, 0.6) is 0 Å². The fraction of sp³-hybridized carbons (Fsp3) is 0.857. The van der Waals surface area contributed by atoms with Gasteiger partial charge >= 0.3 is 6.03 Å². The van der Waals surface area contributed by atoms with Crippen LogP contribution >= 0.6 is 0 Å². The summed E-state index contributed by atoms with van der Waals surface area (Å²) in [6, 6.07) is -0.145. The Labute approximate surface area is 125 Å². The lowest BCUT2D eigenvalue weighted by Gasteiger charge is -2.34. The van der Waals surface area contributed by atoms with Gasteiger partial charge in [0.05, 0.1) is 13.2 Å². The van der Waals surface area contributed by atoms with Crippen molar-refractivity contribution in [2.75, 3.05) is 45.9 Å². The summed E-state index contributed by atoms with van der Waals surface area (Å²) in [6.07, 6.45) is 1.39. The number of ether oxygens (including phenoxy) is 1. The standard InChI is InChI=1S/C14H26N4O3/c1-2-11-9-18(13(19)3-4-16-14(15)20)10-12(11)17-5-7-21-8-6-17/h11-12H,2-10H2,1H3,(H3,15,16,20)/t11-,12+/m1/s1. The number of primary amides is 1. The van der Waals surface area contributed by atoms with Crippen LogP contribution in [0, 0.1) is 5.92 Å². The number of hydrogen-bond acceptors (Lipinski definition) is 4. The van der Waals surface area contributed by atoms with Gasteiger partial charge in [0.2, 0.25) is 5.91 Å². The summed E-state index contributed by atoms with van der Waals surface area (Å²) in [5.74, 6) is 0.620. The number of urea groups is 1. The van der Waals surface area contributed by atoms with Crippen molar-refractivity contribution >= 4 is 11.9 Å². The largest absolute Gasteiger partial charge is 0.379 e. The average Bonchev–Trinajstić information content (AvgIpc) is 2.92. The minimum atomic E-state index is -0.582. The zero-order chi connectivity index (χ0) is 15.2. The number of nitrogens with one attached hydrogen (secondary N) is 1. The third kappa shape index (κ3) is 4.31. The fourth-order valence-electron chi connectivity index (χ4n) is 3.23. The van der Waals surface area contributed by atoms with Crippen LogP contribution in [-0.2, 0) is 9.53 Å². The molecular weight excluding hydrogens is 272 g/mol. The molecule has 0 aromatic rings. The highest BCUT2D eigenvalue weighted by Gasteiger charge is 2.37. The first-order valence-electron chi connectivity index (χ1n) is 7.74. The van der Waals surface area contributed by atoms with Crippen LogP contribution < -0.4 is 11.1 Å². The van der Waals surface area contributed by atoms with Crippen molar-refractivity contribution in [3.8, 4) is 0 Å². The van der Waals surface area contributed by atoms with E-state index in [1.807, 2.05) is 4.90 Å². The second kappa shape index (κ2) is 7.61. The van der Waals surface area contributed by atoms with Crippen LogP contribution in [-0.4, -0.2) is 73.7 Å². The summed E-state index contributed by atoms with van der Waals surface area (Å²) >= 11 is 0. The van der Waals surface area contributed by atoms with Crippen LogP contribution in [0.3, 0.4) is 0 Å². The first kappa shape index (κ1) is 16.0. The maximum absolute atomic E-state index is 12.2. The normalized spacial score (nSPS) is 26.8. The molecule has 2 aliphatic heterocycles. The predicted octanol–water partition coefficient (Wildman–Crippen LogP) is -0.386. The van der Waals surface area contributed by atoms with Gasteiger partial charge in [0.15, 0.2) is 0 Å². The molecule has 0 saturated carbocycles. The number of carbonyl (C=O) groups is 2. The molecule has 2 aliphatic rings. The summed E-state index contributed by atoms with van der Waals surface area (Å²) in [4.78, 5) is 27.2. The summed E-state index contributed by atoms with van der Waals surface area (Å²) < 4.78 is 5.40. The Bertz CT molecular complexity index is 371.